The van der Waals surface area contributed by atoms with Crippen molar-refractivity contribution in [2.24, 2.45) is 0 Å². The zero-order valence-corrected chi connectivity index (χ0v) is 9.23. The lowest BCUT2D eigenvalue weighted by Gasteiger charge is -2.01. The molecule has 0 spiro atoms. The normalized spacial score (nSPS) is 11.7. The van der Waals surface area contributed by atoms with Crippen LogP contribution in [0.1, 0.15) is 22.7 Å². The number of halogens is 3. The predicted octanol–water partition coefficient (Wildman–Crippen LogP) is 1.65. The number of nitrogens with one attached hydrogen (secondary N) is 1. The van der Waals surface area contributed by atoms with Crippen molar-refractivity contribution in [3.8, 4) is 11.6 Å². The molecule has 0 aliphatic carbocycles. The summed E-state index contributed by atoms with van der Waals surface area (Å²) < 4.78 is 40.7. The second kappa shape index (κ2) is 4.71. The van der Waals surface area contributed by atoms with Crippen molar-refractivity contribution in [1.29, 1.82) is 0 Å². The zero-order valence-electron chi connectivity index (χ0n) is 9.23. The molecule has 0 atom stereocenters. The number of carbonyl (C=O) groups is 1. The van der Waals surface area contributed by atoms with E-state index in [4.69, 9.17) is 9.63 Å². The summed E-state index contributed by atoms with van der Waals surface area (Å²) in [7, 11) is 0. The molecular weight excluding hydrogens is 269 g/mol. The Morgan fingerprint density at radius 3 is 2.84 bits per heavy atom. The Morgan fingerprint density at radius 1 is 1.47 bits per heavy atom. The molecule has 2 aromatic rings. The van der Waals surface area contributed by atoms with E-state index in [1.807, 2.05) is 0 Å². The molecule has 0 bridgehead atoms. The maximum absolute atomic E-state index is 12.0. The minimum Gasteiger partial charge on any atom is -0.476 e. The van der Waals surface area contributed by atoms with Gasteiger partial charge in [-0.15, -0.1) is 0 Å². The Morgan fingerprint density at radius 2 is 2.21 bits per heavy atom. The molecule has 2 N–H and O–H groups in total. The fourth-order valence-electron chi connectivity index (χ4n) is 1.33. The highest BCUT2D eigenvalue weighted by Gasteiger charge is 2.28. The number of aromatic carboxylic acids is 1. The number of alkyl halides is 3. The van der Waals surface area contributed by atoms with Crippen molar-refractivity contribution < 1.29 is 27.6 Å². The highest BCUT2D eigenvalue weighted by Crippen LogP contribution is 2.23. The molecule has 102 valence electrons. The largest absolute Gasteiger partial charge is 0.476 e. The van der Waals surface area contributed by atoms with Crippen molar-refractivity contribution >= 4 is 5.97 Å². The van der Waals surface area contributed by atoms with Crippen molar-refractivity contribution in [2.75, 3.05) is 0 Å². The lowest BCUT2D eigenvalue weighted by atomic mass is 10.3. The summed E-state index contributed by atoms with van der Waals surface area (Å²) in [5.41, 5.74) is -0.385. The molecule has 0 aliphatic heterocycles. The standard InChI is InChI=1S/C9H7F3N4O3/c10-9(11,12)2-1-4-15-7(19-16-4)5-6(8(17)18)14-3-13-5/h3H,1-2H2,(H,13,14)(H,17,18). The number of aromatic nitrogens is 4. The SMILES string of the molecule is O=C(O)c1nc[nH]c1-c1nc(CCC(F)(F)F)no1. The molecular formula is C9H7F3N4O3. The fourth-order valence-corrected chi connectivity index (χ4v) is 1.33. The maximum Gasteiger partial charge on any atom is 0.389 e. The van der Waals surface area contributed by atoms with Gasteiger partial charge < -0.3 is 14.6 Å². The number of carboxylic acid groups (broad SMARTS) is 1. The van der Waals surface area contributed by atoms with Crippen LogP contribution in [0.4, 0.5) is 13.2 Å². The molecule has 0 unspecified atom stereocenters. The van der Waals surface area contributed by atoms with Crippen LogP contribution in [-0.2, 0) is 6.42 Å². The Balaban J connectivity index is 2.17. The molecule has 0 aliphatic rings. The Bertz CT molecular complexity index is 590. The Kier molecular flexibility index (Phi) is 3.23. The summed E-state index contributed by atoms with van der Waals surface area (Å²) in [5.74, 6) is -1.68. The van der Waals surface area contributed by atoms with Gasteiger partial charge in [0, 0.05) is 6.42 Å². The Hall–Kier alpha value is -2.39. The molecule has 0 saturated carbocycles. The van der Waals surface area contributed by atoms with Crippen LogP contribution in [0.3, 0.4) is 0 Å². The smallest absolute Gasteiger partial charge is 0.389 e. The molecule has 19 heavy (non-hydrogen) atoms. The second-order valence-corrected chi connectivity index (χ2v) is 3.56. The first kappa shape index (κ1) is 13.1. The lowest BCUT2D eigenvalue weighted by Crippen LogP contribution is -2.09. The molecule has 0 amide bonds. The number of aromatic amines is 1. The Labute approximate surface area is 103 Å². The molecule has 7 nitrogen and oxygen atoms in total. The van der Waals surface area contributed by atoms with Crippen molar-refractivity contribution in [3.05, 3.63) is 17.8 Å². The molecule has 0 aromatic carbocycles. The molecule has 0 fully saturated rings. The number of rotatable bonds is 4. The van der Waals surface area contributed by atoms with Gasteiger partial charge in [-0.1, -0.05) is 5.16 Å². The van der Waals surface area contributed by atoms with Crippen molar-refractivity contribution in [1.82, 2.24) is 20.1 Å². The summed E-state index contributed by atoms with van der Waals surface area (Å²) in [6, 6.07) is 0. The topological polar surface area (TPSA) is 105 Å². The van der Waals surface area contributed by atoms with Gasteiger partial charge in [0.2, 0.25) is 0 Å². The van der Waals surface area contributed by atoms with Gasteiger partial charge in [0.25, 0.3) is 5.89 Å². The average molecular weight is 276 g/mol. The quantitative estimate of drug-likeness (QED) is 0.879. The van der Waals surface area contributed by atoms with E-state index in [1.54, 1.807) is 0 Å². The van der Waals surface area contributed by atoms with Crippen LogP contribution in [0.5, 0.6) is 0 Å². The third-order valence-corrected chi connectivity index (χ3v) is 2.16. The minimum atomic E-state index is -4.32. The summed E-state index contributed by atoms with van der Waals surface area (Å²) >= 11 is 0. The summed E-state index contributed by atoms with van der Waals surface area (Å²) in [5, 5.41) is 12.2. The van der Waals surface area contributed by atoms with E-state index in [2.05, 4.69) is 20.1 Å². The molecule has 2 aromatic heterocycles. The van der Waals surface area contributed by atoms with Crippen LogP contribution < -0.4 is 0 Å². The highest BCUT2D eigenvalue weighted by molar-refractivity contribution is 5.91. The predicted molar refractivity (Wildman–Crippen MR) is 53.2 cm³/mol. The molecule has 10 heteroatoms. The van der Waals surface area contributed by atoms with Gasteiger partial charge >= 0.3 is 12.1 Å². The fraction of sp³-hybridized carbons (Fsp3) is 0.333. The van der Waals surface area contributed by atoms with E-state index in [9.17, 15) is 18.0 Å². The summed E-state index contributed by atoms with van der Waals surface area (Å²) in [6.07, 6.45) is -4.73. The first-order valence-corrected chi connectivity index (χ1v) is 5.03. The van der Waals surface area contributed by atoms with Crippen LogP contribution in [-0.4, -0.2) is 37.4 Å². The second-order valence-electron chi connectivity index (χ2n) is 3.56. The van der Waals surface area contributed by atoms with E-state index in [1.165, 1.54) is 0 Å². The van der Waals surface area contributed by atoms with E-state index in [-0.39, 0.29) is 23.1 Å². The zero-order chi connectivity index (χ0) is 14.0. The van der Waals surface area contributed by atoms with Gasteiger partial charge in [-0.3, -0.25) is 0 Å². The number of nitrogens with zero attached hydrogens (tertiary/aromatic N) is 3. The van der Waals surface area contributed by atoms with Crippen LogP contribution in [0.2, 0.25) is 0 Å². The van der Waals surface area contributed by atoms with Crippen LogP contribution >= 0.6 is 0 Å². The monoisotopic (exact) mass is 276 g/mol. The molecule has 0 saturated heterocycles. The van der Waals surface area contributed by atoms with E-state index >= 15 is 0 Å². The average Bonchev–Trinajstić information content (AvgIpc) is 2.94. The van der Waals surface area contributed by atoms with E-state index in [0.717, 1.165) is 6.33 Å². The number of H-pyrrole nitrogens is 1. The van der Waals surface area contributed by atoms with Gasteiger partial charge in [-0.25, -0.2) is 9.78 Å². The molecule has 2 rings (SSSR count). The van der Waals surface area contributed by atoms with Crippen LogP contribution in [0.15, 0.2) is 10.9 Å². The van der Waals surface area contributed by atoms with Crippen LogP contribution in [0.25, 0.3) is 11.6 Å². The van der Waals surface area contributed by atoms with Gasteiger partial charge in [0.05, 0.1) is 12.7 Å². The van der Waals surface area contributed by atoms with Crippen LogP contribution in [0, 0.1) is 0 Å². The number of hydrogen-bond donors (Lipinski definition) is 2. The van der Waals surface area contributed by atoms with E-state index < -0.39 is 25.0 Å². The number of imidazole rings is 1. The minimum absolute atomic E-state index is 0.0433. The number of aryl methyl sites for hydroxylation is 1. The molecule has 2 heterocycles. The van der Waals surface area contributed by atoms with Gasteiger partial charge in [0.15, 0.2) is 11.5 Å². The van der Waals surface area contributed by atoms with Crippen molar-refractivity contribution in [2.45, 2.75) is 19.0 Å². The highest BCUT2D eigenvalue weighted by atomic mass is 19.4. The maximum atomic E-state index is 12.0. The van der Waals surface area contributed by atoms with Gasteiger partial charge in [-0.2, -0.15) is 18.2 Å². The first-order chi connectivity index (χ1) is 8.87. The lowest BCUT2D eigenvalue weighted by molar-refractivity contribution is -0.134. The summed E-state index contributed by atoms with van der Waals surface area (Å²) in [6.45, 7) is 0. The first-order valence-electron chi connectivity index (χ1n) is 5.03. The number of hydrogen-bond acceptors (Lipinski definition) is 5. The molecule has 0 radical (unpaired) electrons. The third kappa shape index (κ3) is 3.09. The van der Waals surface area contributed by atoms with Crippen molar-refractivity contribution in [3.63, 3.8) is 0 Å². The van der Waals surface area contributed by atoms with E-state index in [0.29, 0.717) is 0 Å². The van der Waals surface area contributed by atoms with Gasteiger partial charge in [0.1, 0.15) is 5.69 Å². The third-order valence-electron chi connectivity index (χ3n) is 2.16. The number of carboxylic acids is 1. The summed E-state index contributed by atoms with van der Waals surface area (Å²) in [4.78, 5) is 20.5. The van der Waals surface area contributed by atoms with Gasteiger partial charge in [-0.05, 0) is 0 Å².